The molecule has 1 saturated heterocycles. The fourth-order valence-corrected chi connectivity index (χ4v) is 2.90. The monoisotopic (exact) mass is 398 g/mol. The maximum Gasteiger partial charge on any atom is 0.410 e. The van der Waals surface area contributed by atoms with Crippen LogP contribution in [0.15, 0.2) is 28.7 Å². The number of hydrogen-bond acceptors (Lipinski definition) is 4. The molecular formula is C17H23BrN2O4. The van der Waals surface area contributed by atoms with Crippen LogP contribution in [-0.4, -0.2) is 46.8 Å². The zero-order chi connectivity index (χ0) is 17.9. The van der Waals surface area contributed by atoms with E-state index in [1.54, 1.807) is 20.8 Å². The van der Waals surface area contributed by atoms with Crippen molar-refractivity contribution in [2.24, 2.45) is 5.92 Å². The molecule has 0 saturated carbocycles. The molecule has 1 aliphatic heterocycles. The Balaban J connectivity index is 1.91. The summed E-state index contributed by atoms with van der Waals surface area (Å²) in [7, 11) is 0. The highest BCUT2D eigenvalue weighted by Crippen LogP contribution is 2.21. The number of aliphatic hydroxyl groups is 1. The van der Waals surface area contributed by atoms with Gasteiger partial charge in [0.05, 0.1) is 18.6 Å². The van der Waals surface area contributed by atoms with Gasteiger partial charge in [-0.05, 0) is 32.4 Å². The number of hydrogen-bond donors (Lipinski definition) is 2. The largest absolute Gasteiger partial charge is 0.444 e. The number of ether oxygens (including phenoxy) is 1. The highest BCUT2D eigenvalue weighted by Gasteiger charge is 2.40. The lowest BCUT2D eigenvalue weighted by Crippen LogP contribution is -2.38. The zero-order valence-electron chi connectivity index (χ0n) is 14.1. The van der Waals surface area contributed by atoms with Crippen LogP contribution < -0.4 is 5.32 Å². The molecule has 0 bridgehead atoms. The Labute approximate surface area is 150 Å². The number of aliphatic hydroxyl groups excluding tert-OH is 1. The minimum Gasteiger partial charge on any atom is -0.444 e. The van der Waals surface area contributed by atoms with Gasteiger partial charge >= 0.3 is 6.09 Å². The Morgan fingerprint density at radius 3 is 2.62 bits per heavy atom. The number of halogens is 1. The summed E-state index contributed by atoms with van der Waals surface area (Å²) in [6, 6.07) is 7.59. The van der Waals surface area contributed by atoms with Gasteiger partial charge in [-0.3, -0.25) is 4.79 Å². The summed E-state index contributed by atoms with van der Waals surface area (Å²) in [6.45, 7) is 5.94. The normalized spacial score (nSPS) is 20.8. The molecule has 0 aliphatic carbocycles. The molecule has 1 aliphatic rings. The van der Waals surface area contributed by atoms with Crippen molar-refractivity contribution in [1.29, 1.82) is 0 Å². The number of β-amino-alcohol motifs (C(OH)–C–C–N with tert-alkyl or cyclic N) is 1. The number of carbonyl (C=O) groups is 2. The van der Waals surface area contributed by atoms with Crippen molar-refractivity contribution in [1.82, 2.24) is 10.2 Å². The van der Waals surface area contributed by atoms with E-state index in [1.165, 1.54) is 4.90 Å². The number of nitrogens with zero attached hydrogens (tertiary/aromatic N) is 1. The number of rotatable bonds is 3. The first-order valence-corrected chi connectivity index (χ1v) is 8.64. The van der Waals surface area contributed by atoms with Crippen molar-refractivity contribution in [3.63, 3.8) is 0 Å². The summed E-state index contributed by atoms with van der Waals surface area (Å²) < 4.78 is 6.19. The Hall–Kier alpha value is -1.60. The number of carbonyl (C=O) groups excluding carboxylic acids is 2. The quantitative estimate of drug-likeness (QED) is 0.818. The smallest absolute Gasteiger partial charge is 0.410 e. The third kappa shape index (κ3) is 4.95. The first-order chi connectivity index (χ1) is 11.2. The molecule has 7 heteroatoms. The molecule has 0 unspecified atom stereocenters. The van der Waals surface area contributed by atoms with Gasteiger partial charge in [0, 0.05) is 17.6 Å². The van der Waals surface area contributed by atoms with Gasteiger partial charge in [0.15, 0.2) is 0 Å². The standard InChI is InChI=1S/C17H23BrN2O4/c1-17(2,3)24-16(23)20-9-12(14(21)10-20)15(22)19-8-11-6-4-5-7-13(11)18/h4-7,12,14,21H,8-10H2,1-3H3,(H,19,22)/t12-,14+/m0/s1. The molecule has 1 fully saturated rings. The molecule has 24 heavy (non-hydrogen) atoms. The van der Waals surface area contributed by atoms with Crippen LogP contribution in [0, 0.1) is 5.92 Å². The molecule has 6 nitrogen and oxygen atoms in total. The summed E-state index contributed by atoms with van der Waals surface area (Å²) in [5.74, 6) is -0.927. The summed E-state index contributed by atoms with van der Waals surface area (Å²) >= 11 is 3.43. The Morgan fingerprint density at radius 1 is 1.33 bits per heavy atom. The van der Waals surface area contributed by atoms with Crippen molar-refractivity contribution in [2.45, 2.75) is 39.0 Å². The molecule has 2 rings (SSSR count). The maximum absolute atomic E-state index is 12.3. The van der Waals surface area contributed by atoms with Crippen LogP contribution in [0.3, 0.4) is 0 Å². The van der Waals surface area contributed by atoms with Gasteiger partial charge in [0.25, 0.3) is 0 Å². The Bertz CT molecular complexity index is 615. The number of likely N-dealkylation sites (tertiary alicyclic amines) is 1. The van der Waals surface area contributed by atoms with E-state index in [0.717, 1.165) is 10.0 Å². The van der Waals surface area contributed by atoms with Gasteiger partial charge < -0.3 is 20.1 Å². The summed E-state index contributed by atoms with van der Waals surface area (Å²) in [4.78, 5) is 25.8. The Morgan fingerprint density at radius 2 is 2.00 bits per heavy atom. The number of nitrogens with one attached hydrogen (secondary N) is 1. The van der Waals surface area contributed by atoms with Crippen LogP contribution in [0.5, 0.6) is 0 Å². The number of amides is 2. The fourth-order valence-electron chi connectivity index (χ4n) is 2.48. The first-order valence-electron chi connectivity index (χ1n) is 7.84. The molecule has 132 valence electrons. The van der Waals surface area contributed by atoms with Crippen LogP contribution in [0.2, 0.25) is 0 Å². The average Bonchev–Trinajstić information content (AvgIpc) is 2.86. The van der Waals surface area contributed by atoms with Crippen LogP contribution in [0.1, 0.15) is 26.3 Å². The molecule has 1 aromatic rings. The van der Waals surface area contributed by atoms with Crippen LogP contribution in [0.4, 0.5) is 4.79 Å². The summed E-state index contributed by atoms with van der Waals surface area (Å²) in [5, 5.41) is 12.9. The van der Waals surface area contributed by atoms with Gasteiger partial charge in [-0.1, -0.05) is 34.1 Å². The van der Waals surface area contributed by atoms with Crippen molar-refractivity contribution < 1.29 is 19.4 Å². The highest BCUT2D eigenvalue weighted by molar-refractivity contribution is 9.10. The third-order valence-corrected chi connectivity index (χ3v) is 4.46. The molecule has 2 atom stereocenters. The molecule has 0 radical (unpaired) electrons. The van der Waals surface area contributed by atoms with E-state index in [4.69, 9.17) is 4.74 Å². The van der Waals surface area contributed by atoms with E-state index in [-0.39, 0.29) is 19.0 Å². The minimum atomic E-state index is -0.892. The third-order valence-electron chi connectivity index (χ3n) is 3.69. The summed E-state index contributed by atoms with van der Waals surface area (Å²) in [6.07, 6.45) is -1.40. The highest BCUT2D eigenvalue weighted by atomic mass is 79.9. The topological polar surface area (TPSA) is 78.9 Å². The van der Waals surface area contributed by atoms with Crippen molar-refractivity contribution >= 4 is 27.9 Å². The van der Waals surface area contributed by atoms with E-state index < -0.39 is 23.7 Å². The van der Waals surface area contributed by atoms with Gasteiger partial charge in [-0.15, -0.1) is 0 Å². The van der Waals surface area contributed by atoms with Crippen LogP contribution in [-0.2, 0) is 16.1 Å². The second kappa shape index (κ2) is 7.53. The van der Waals surface area contributed by atoms with Gasteiger partial charge in [-0.2, -0.15) is 0 Å². The van der Waals surface area contributed by atoms with E-state index >= 15 is 0 Å². The van der Waals surface area contributed by atoms with E-state index in [2.05, 4.69) is 21.2 Å². The predicted molar refractivity (Wildman–Crippen MR) is 93.3 cm³/mol. The average molecular weight is 399 g/mol. The fraction of sp³-hybridized carbons (Fsp3) is 0.529. The molecule has 0 aromatic heterocycles. The Kier molecular flexibility index (Phi) is 5.87. The molecule has 1 aromatic carbocycles. The lowest BCUT2D eigenvalue weighted by atomic mass is 10.1. The second-order valence-corrected chi connectivity index (χ2v) is 7.72. The predicted octanol–water partition coefficient (Wildman–Crippen LogP) is 2.29. The first kappa shape index (κ1) is 18.7. The molecule has 1 heterocycles. The minimum absolute atomic E-state index is 0.0992. The van der Waals surface area contributed by atoms with Crippen molar-refractivity contribution in [3.05, 3.63) is 34.3 Å². The lowest BCUT2D eigenvalue weighted by Gasteiger charge is -2.24. The van der Waals surface area contributed by atoms with Crippen LogP contribution in [0.25, 0.3) is 0 Å². The maximum atomic E-state index is 12.3. The summed E-state index contributed by atoms with van der Waals surface area (Å²) in [5.41, 5.74) is 0.337. The van der Waals surface area contributed by atoms with Gasteiger partial charge in [0.1, 0.15) is 5.60 Å². The van der Waals surface area contributed by atoms with Crippen molar-refractivity contribution in [2.75, 3.05) is 13.1 Å². The molecule has 0 spiro atoms. The zero-order valence-corrected chi connectivity index (χ0v) is 15.7. The lowest BCUT2D eigenvalue weighted by molar-refractivity contribution is -0.127. The van der Waals surface area contributed by atoms with Gasteiger partial charge in [0.2, 0.25) is 5.91 Å². The molecule has 2 N–H and O–H groups in total. The van der Waals surface area contributed by atoms with E-state index in [0.29, 0.717) is 6.54 Å². The second-order valence-electron chi connectivity index (χ2n) is 6.87. The molecular weight excluding hydrogens is 376 g/mol. The van der Waals surface area contributed by atoms with E-state index in [9.17, 15) is 14.7 Å². The van der Waals surface area contributed by atoms with Crippen LogP contribution >= 0.6 is 15.9 Å². The molecule has 2 amide bonds. The SMILES string of the molecule is CC(C)(C)OC(=O)N1C[C@@H](O)[C@@H](C(=O)NCc2ccccc2Br)C1. The number of benzene rings is 1. The van der Waals surface area contributed by atoms with Gasteiger partial charge in [-0.25, -0.2) is 4.79 Å². The van der Waals surface area contributed by atoms with E-state index in [1.807, 2.05) is 24.3 Å². The van der Waals surface area contributed by atoms with Crippen molar-refractivity contribution in [3.8, 4) is 0 Å².